The number of aromatic nitrogens is 1. The standard InChI is InChI=1S/C19H16N2O4/c1-12(22)21-11-16(15-5-3-4-6-17(15)21)18(23)20-14-9-7-13(8-10-14)19(24)25-2/h3-11H,1-2H3,(H,20,23). The van der Waals surface area contributed by atoms with Crippen molar-refractivity contribution in [1.82, 2.24) is 4.57 Å². The molecule has 0 fully saturated rings. The van der Waals surface area contributed by atoms with Gasteiger partial charge in [0, 0.05) is 24.2 Å². The summed E-state index contributed by atoms with van der Waals surface area (Å²) in [5, 5.41) is 3.47. The molecule has 6 heteroatoms. The molecule has 0 saturated heterocycles. The van der Waals surface area contributed by atoms with Crippen LogP contribution in [0.15, 0.2) is 54.7 Å². The summed E-state index contributed by atoms with van der Waals surface area (Å²) in [4.78, 5) is 35.8. The van der Waals surface area contributed by atoms with Gasteiger partial charge in [-0.25, -0.2) is 4.79 Å². The fourth-order valence-corrected chi connectivity index (χ4v) is 2.63. The van der Waals surface area contributed by atoms with Crippen LogP contribution in [0.5, 0.6) is 0 Å². The third kappa shape index (κ3) is 3.14. The molecule has 1 aromatic heterocycles. The number of para-hydroxylation sites is 1. The van der Waals surface area contributed by atoms with Gasteiger partial charge in [-0.3, -0.25) is 14.2 Å². The van der Waals surface area contributed by atoms with Crippen LogP contribution in [0.1, 0.15) is 32.4 Å². The number of rotatable bonds is 3. The average molecular weight is 336 g/mol. The van der Waals surface area contributed by atoms with Crippen molar-refractivity contribution in [3.8, 4) is 0 Å². The number of carbonyl (C=O) groups excluding carboxylic acids is 3. The van der Waals surface area contributed by atoms with E-state index in [-0.39, 0.29) is 11.8 Å². The number of hydrogen-bond acceptors (Lipinski definition) is 4. The van der Waals surface area contributed by atoms with E-state index in [0.29, 0.717) is 27.7 Å². The lowest BCUT2D eigenvalue weighted by molar-refractivity contribution is 0.0600. The maximum atomic E-state index is 12.6. The molecule has 2 aromatic carbocycles. The molecule has 126 valence electrons. The number of nitrogens with one attached hydrogen (secondary N) is 1. The number of ether oxygens (including phenoxy) is 1. The maximum Gasteiger partial charge on any atom is 0.337 e. The van der Waals surface area contributed by atoms with Crippen LogP contribution in [0.3, 0.4) is 0 Å². The number of esters is 1. The lowest BCUT2D eigenvalue weighted by Crippen LogP contribution is -2.12. The fraction of sp³-hybridized carbons (Fsp3) is 0.105. The predicted octanol–water partition coefficient (Wildman–Crippen LogP) is 3.34. The Labute approximate surface area is 144 Å². The first-order valence-electron chi connectivity index (χ1n) is 7.62. The summed E-state index contributed by atoms with van der Waals surface area (Å²) >= 11 is 0. The molecule has 3 aromatic rings. The summed E-state index contributed by atoms with van der Waals surface area (Å²) in [6.45, 7) is 1.44. The lowest BCUT2D eigenvalue weighted by Gasteiger charge is -2.05. The van der Waals surface area contributed by atoms with Crippen molar-refractivity contribution in [3.63, 3.8) is 0 Å². The normalized spacial score (nSPS) is 10.5. The minimum Gasteiger partial charge on any atom is -0.465 e. The molecule has 3 rings (SSSR count). The molecule has 0 saturated carbocycles. The van der Waals surface area contributed by atoms with Crippen LogP contribution in [0, 0.1) is 0 Å². The Morgan fingerprint density at radius 3 is 2.32 bits per heavy atom. The quantitative estimate of drug-likeness (QED) is 0.744. The van der Waals surface area contributed by atoms with Crippen LogP contribution < -0.4 is 5.32 Å². The maximum absolute atomic E-state index is 12.6. The molecule has 0 spiro atoms. The summed E-state index contributed by atoms with van der Waals surface area (Å²) < 4.78 is 6.09. The third-order valence-electron chi connectivity index (χ3n) is 3.86. The second-order valence-corrected chi connectivity index (χ2v) is 5.47. The van der Waals surface area contributed by atoms with E-state index in [1.807, 2.05) is 12.1 Å². The van der Waals surface area contributed by atoms with E-state index in [9.17, 15) is 14.4 Å². The summed E-state index contributed by atoms with van der Waals surface area (Å²) in [5.74, 6) is -0.942. The highest BCUT2D eigenvalue weighted by Crippen LogP contribution is 2.22. The van der Waals surface area contributed by atoms with E-state index in [2.05, 4.69) is 10.1 Å². The number of carbonyl (C=O) groups is 3. The zero-order valence-corrected chi connectivity index (χ0v) is 13.8. The third-order valence-corrected chi connectivity index (χ3v) is 3.86. The summed E-state index contributed by atoms with van der Waals surface area (Å²) in [6.07, 6.45) is 1.53. The molecule has 0 radical (unpaired) electrons. The highest BCUT2D eigenvalue weighted by molar-refractivity contribution is 6.14. The Balaban J connectivity index is 1.90. The summed E-state index contributed by atoms with van der Waals surface area (Å²) in [5.41, 5.74) is 2.02. The van der Waals surface area contributed by atoms with E-state index in [1.165, 1.54) is 24.8 Å². The second-order valence-electron chi connectivity index (χ2n) is 5.47. The molecule has 6 nitrogen and oxygen atoms in total. The van der Waals surface area contributed by atoms with Gasteiger partial charge < -0.3 is 10.1 Å². The van der Waals surface area contributed by atoms with Gasteiger partial charge in [-0.2, -0.15) is 0 Å². The number of anilines is 1. The number of methoxy groups -OCH3 is 1. The topological polar surface area (TPSA) is 77.4 Å². The van der Waals surface area contributed by atoms with Crippen molar-refractivity contribution in [3.05, 3.63) is 65.9 Å². The van der Waals surface area contributed by atoms with Crippen LogP contribution in [0.25, 0.3) is 10.9 Å². The van der Waals surface area contributed by atoms with Crippen molar-refractivity contribution < 1.29 is 19.1 Å². The van der Waals surface area contributed by atoms with E-state index in [4.69, 9.17) is 0 Å². The molecule has 0 atom stereocenters. The van der Waals surface area contributed by atoms with E-state index in [0.717, 1.165) is 0 Å². The molecule has 25 heavy (non-hydrogen) atoms. The first kappa shape index (κ1) is 16.4. The van der Waals surface area contributed by atoms with E-state index in [1.54, 1.807) is 36.4 Å². The molecule has 1 N–H and O–H groups in total. The molecule has 1 amide bonds. The Kier molecular flexibility index (Phi) is 4.35. The molecule has 0 aliphatic rings. The smallest absolute Gasteiger partial charge is 0.337 e. The number of benzene rings is 2. The number of fused-ring (bicyclic) bond motifs is 1. The van der Waals surface area contributed by atoms with Crippen LogP contribution in [-0.4, -0.2) is 29.5 Å². The Morgan fingerprint density at radius 1 is 1.00 bits per heavy atom. The summed E-state index contributed by atoms with van der Waals surface area (Å²) in [6, 6.07) is 13.6. The van der Waals surface area contributed by atoms with Crippen LogP contribution in [0.4, 0.5) is 5.69 Å². The van der Waals surface area contributed by atoms with Gasteiger partial charge in [-0.15, -0.1) is 0 Å². The van der Waals surface area contributed by atoms with Gasteiger partial charge in [0.15, 0.2) is 0 Å². The van der Waals surface area contributed by atoms with Gasteiger partial charge >= 0.3 is 5.97 Å². The molecule has 0 aliphatic heterocycles. The van der Waals surface area contributed by atoms with Crippen molar-refractivity contribution in [1.29, 1.82) is 0 Å². The zero-order valence-electron chi connectivity index (χ0n) is 13.8. The minimum atomic E-state index is -0.442. The largest absolute Gasteiger partial charge is 0.465 e. The first-order valence-corrected chi connectivity index (χ1v) is 7.62. The van der Waals surface area contributed by atoms with Gasteiger partial charge in [0.1, 0.15) is 0 Å². The van der Waals surface area contributed by atoms with Gasteiger partial charge in [-0.1, -0.05) is 18.2 Å². The molecule has 0 bridgehead atoms. The molecule has 0 unspecified atom stereocenters. The van der Waals surface area contributed by atoms with Crippen LogP contribution >= 0.6 is 0 Å². The van der Waals surface area contributed by atoms with Crippen molar-refractivity contribution >= 4 is 34.4 Å². The van der Waals surface area contributed by atoms with Gasteiger partial charge in [0.05, 0.1) is 23.8 Å². The molecule has 0 aliphatic carbocycles. The van der Waals surface area contributed by atoms with Crippen LogP contribution in [-0.2, 0) is 4.74 Å². The van der Waals surface area contributed by atoms with Crippen molar-refractivity contribution in [2.24, 2.45) is 0 Å². The highest BCUT2D eigenvalue weighted by atomic mass is 16.5. The fourth-order valence-electron chi connectivity index (χ4n) is 2.63. The highest BCUT2D eigenvalue weighted by Gasteiger charge is 2.16. The second kappa shape index (κ2) is 6.60. The predicted molar refractivity (Wildman–Crippen MR) is 94.0 cm³/mol. The average Bonchev–Trinajstić information content (AvgIpc) is 3.02. The molecule has 1 heterocycles. The van der Waals surface area contributed by atoms with Crippen molar-refractivity contribution in [2.75, 3.05) is 12.4 Å². The minimum absolute atomic E-state index is 0.169. The Morgan fingerprint density at radius 2 is 1.68 bits per heavy atom. The molecular formula is C19H16N2O4. The lowest BCUT2D eigenvalue weighted by atomic mass is 10.1. The molecular weight excluding hydrogens is 320 g/mol. The van der Waals surface area contributed by atoms with Gasteiger partial charge in [0.2, 0.25) is 5.91 Å². The van der Waals surface area contributed by atoms with Gasteiger partial charge in [-0.05, 0) is 30.3 Å². The van der Waals surface area contributed by atoms with Crippen molar-refractivity contribution in [2.45, 2.75) is 6.92 Å². The number of amides is 1. The number of hydrogen-bond donors (Lipinski definition) is 1. The van der Waals surface area contributed by atoms with E-state index < -0.39 is 5.97 Å². The Hall–Kier alpha value is -3.41. The number of nitrogens with zero attached hydrogens (tertiary/aromatic N) is 1. The summed E-state index contributed by atoms with van der Waals surface area (Å²) in [7, 11) is 1.31. The van der Waals surface area contributed by atoms with Gasteiger partial charge in [0.25, 0.3) is 5.91 Å². The first-order chi connectivity index (χ1) is 12.0. The van der Waals surface area contributed by atoms with Crippen LogP contribution in [0.2, 0.25) is 0 Å². The Bertz CT molecular complexity index is 971. The SMILES string of the molecule is COC(=O)c1ccc(NC(=O)c2cn(C(C)=O)c3ccccc23)cc1. The monoisotopic (exact) mass is 336 g/mol. The van der Waals surface area contributed by atoms with E-state index >= 15 is 0 Å². The zero-order chi connectivity index (χ0) is 18.0.